The molecular formula is C12H16N2O2. The van der Waals surface area contributed by atoms with E-state index in [0.717, 1.165) is 30.5 Å². The summed E-state index contributed by atoms with van der Waals surface area (Å²) < 4.78 is 0. The number of aromatic nitrogens is 2. The molecule has 1 saturated carbocycles. The van der Waals surface area contributed by atoms with Crippen molar-refractivity contribution in [2.45, 2.75) is 44.4 Å². The van der Waals surface area contributed by atoms with Gasteiger partial charge in [0.25, 0.3) is 0 Å². The monoisotopic (exact) mass is 220 g/mol. The van der Waals surface area contributed by atoms with E-state index in [-0.39, 0.29) is 0 Å². The molecule has 1 aromatic rings. The van der Waals surface area contributed by atoms with E-state index in [1.54, 1.807) is 6.20 Å². The maximum Gasteiger partial charge on any atom is 0.314 e. The standard InChI is InChI=1S/C12H16N2O2/c1-9-10(7-13-8-14-9)12(11(15)16)5-3-2-4-6-12/h7-8H,2-6H2,1H3,(H,15,16). The minimum atomic E-state index is -0.746. The second-order valence-corrected chi connectivity index (χ2v) is 4.47. The molecule has 1 heterocycles. The smallest absolute Gasteiger partial charge is 0.314 e. The summed E-state index contributed by atoms with van der Waals surface area (Å²) in [6.07, 6.45) is 7.62. The zero-order chi connectivity index (χ0) is 11.6. The number of nitrogens with zero attached hydrogens (tertiary/aromatic N) is 2. The molecule has 0 spiro atoms. The fourth-order valence-corrected chi connectivity index (χ4v) is 2.61. The van der Waals surface area contributed by atoms with Crippen molar-refractivity contribution in [3.05, 3.63) is 23.8 Å². The van der Waals surface area contributed by atoms with Crippen molar-refractivity contribution in [3.63, 3.8) is 0 Å². The molecule has 1 aromatic heterocycles. The average Bonchev–Trinajstić information content (AvgIpc) is 2.30. The molecule has 0 atom stereocenters. The molecule has 1 aliphatic rings. The minimum Gasteiger partial charge on any atom is -0.481 e. The molecular weight excluding hydrogens is 204 g/mol. The molecule has 2 rings (SSSR count). The maximum atomic E-state index is 11.6. The number of carbonyl (C=O) groups is 1. The van der Waals surface area contributed by atoms with Crippen LogP contribution in [0.4, 0.5) is 0 Å². The second kappa shape index (κ2) is 4.20. The molecule has 1 N–H and O–H groups in total. The Morgan fingerprint density at radius 2 is 2.06 bits per heavy atom. The summed E-state index contributed by atoms with van der Waals surface area (Å²) in [4.78, 5) is 19.7. The molecule has 4 heteroatoms. The molecule has 0 saturated heterocycles. The Hall–Kier alpha value is -1.45. The Bertz CT molecular complexity index is 398. The lowest BCUT2D eigenvalue weighted by atomic mass is 9.69. The van der Waals surface area contributed by atoms with E-state index in [0.29, 0.717) is 12.8 Å². The maximum absolute atomic E-state index is 11.6. The van der Waals surface area contributed by atoms with Gasteiger partial charge in [0.1, 0.15) is 6.33 Å². The number of hydrogen-bond acceptors (Lipinski definition) is 3. The van der Waals surface area contributed by atoms with Crippen LogP contribution in [-0.4, -0.2) is 21.0 Å². The molecule has 0 aliphatic heterocycles. The van der Waals surface area contributed by atoms with Gasteiger partial charge < -0.3 is 5.11 Å². The Balaban J connectivity index is 2.47. The van der Waals surface area contributed by atoms with Crippen LogP contribution in [0.5, 0.6) is 0 Å². The van der Waals surface area contributed by atoms with Crippen LogP contribution >= 0.6 is 0 Å². The van der Waals surface area contributed by atoms with Crippen LogP contribution in [0.1, 0.15) is 43.4 Å². The van der Waals surface area contributed by atoms with Gasteiger partial charge in [0.2, 0.25) is 0 Å². The van der Waals surface area contributed by atoms with Gasteiger partial charge in [-0.05, 0) is 19.8 Å². The highest BCUT2D eigenvalue weighted by molar-refractivity contribution is 5.81. The van der Waals surface area contributed by atoms with Gasteiger partial charge in [0, 0.05) is 17.5 Å². The van der Waals surface area contributed by atoms with Crippen LogP contribution in [0.25, 0.3) is 0 Å². The van der Waals surface area contributed by atoms with Crippen molar-refractivity contribution in [3.8, 4) is 0 Å². The Morgan fingerprint density at radius 3 is 2.62 bits per heavy atom. The first kappa shape index (κ1) is 11.0. The zero-order valence-electron chi connectivity index (χ0n) is 9.44. The highest BCUT2D eigenvalue weighted by atomic mass is 16.4. The molecule has 0 aromatic carbocycles. The van der Waals surface area contributed by atoms with E-state index < -0.39 is 11.4 Å². The quantitative estimate of drug-likeness (QED) is 0.828. The summed E-state index contributed by atoms with van der Waals surface area (Å²) in [5.74, 6) is -0.731. The Morgan fingerprint density at radius 1 is 1.38 bits per heavy atom. The van der Waals surface area contributed by atoms with Crippen molar-refractivity contribution in [1.82, 2.24) is 9.97 Å². The SMILES string of the molecule is Cc1ncncc1C1(C(=O)O)CCCCC1. The van der Waals surface area contributed by atoms with E-state index in [1.807, 2.05) is 6.92 Å². The third-order valence-electron chi connectivity index (χ3n) is 3.54. The Kier molecular flexibility index (Phi) is 2.90. The molecule has 86 valence electrons. The number of carboxylic acid groups (broad SMARTS) is 1. The minimum absolute atomic E-state index is 0.705. The largest absolute Gasteiger partial charge is 0.481 e. The Labute approximate surface area is 94.7 Å². The average molecular weight is 220 g/mol. The molecule has 0 radical (unpaired) electrons. The zero-order valence-corrected chi connectivity index (χ0v) is 9.44. The van der Waals surface area contributed by atoms with Gasteiger partial charge in [-0.3, -0.25) is 4.79 Å². The summed E-state index contributed by atoms with van der Waals surface area (Å²) in [6, 6.07) is 0. The first-order valence-electron chi connectivity index (χ1n) is 5.67. The summed E-state index contributed by atoms with van der Waals surface area (Å²) >= 11 is 0. The lowest BCUT2D eigenvalue weighted by Gasteiger charge is -2.33. The lowest BCUT2D eigenvalue weighted by molar-refractivity contribution is -0.145. The van der Waals surface area contributed by atoms with E-state index in [4.69, 9.17) is 0 Å². The third-order valence-corrected chi connectivity index (χ3v) is 3.54. The van der Waals surface area contributed by atoms with E-state index in [2.05, 4.69) is 9.97 Å². The number of aliphatic carboxylic acids is 1. The van der Waals surface area contributed by atoms with Crippen molar-refractivity contribution < 1.29 is 9.90 Å². The van der Waals surface area contributed by atoms with Gasteiger partial charge >= 0.3 is 5.97 Å². The topological polar surface area (TPSA) is 63.1 Å². The molecule has 16 heavy (non-hydrogen) atoms. The molecule has 1 fully saturated rings. The van der Waals surface area contributed by atoms with Crippen LogP contribution in [0.3, 0.4) is 0 Å². The molecule has 1 aliphatic carbocycles. The third kappa shape index (κ3) is 1.68. The van der Waals surface area contributed by atoms with Gasteiger partial charge in [-0.25, -0.2) is 9.97 Å². The van der Waals surface area contributed by atoms with E-state index >= 15 is 0 Å². The van der Waals surface area contributed by atoms with E-state index in [1.165, 1.54) is 6.33 Å². The highest BCUT2D eigenvalue weighted by Gasteiger charge is 2.42. The van der Waals surface area contributed by atoms with Gasteiger partial charge in [-0.1, -0.05) is 19.3 Å². The summed E-state index contributed by atoms with van der Waals surface area (Å²) in [7, 11) is 0. The summed E-state index contributed by atoms with van der Waals surface area (Å²) in [6.45, 7) is 1.86. The van der Waals surface area contributed by atoms with E-state index in [9.17, 15) is 9.90 Å². The number of aryl methyl sites for hydroxylation is 1. The van der Waals surface area contributed by atoms with Crippen molar-refractivity contribution in [2.75, 3.05) is 0 Å². The van der Waals surface area contributed by atoms with Crippen LogP contribution in [0, 0.1) is 6.92 Å². The summed E-state index contributed by atoms with van der Waals surface area (Å²) in [5, 5.41) is 9.51. The van der Waals surface area contributed by atoms with Crippen molar-refractivity contribution in [2.24, 2.45) is 0 Å². The number of carboxylic acids is 1. The molecule has 4 nitrogen and oxygen atoms in total. The number of hydrogen-bond donors (Lipinski definition) is 1. The van der Waals surface area contributed by atoms with Crippen LogP contribution in [-0.2, 0) is 10.2 Å². The lowest BCUT2D eigenvalue weighted by Crippen LogP contribution is -2.38. The molecule has 0 unspecified atom stereocenters. The normalized spacial score (nSPS) is 19.3. The van der Waals surface area contributed by atoms with Crippen LogP contribution in [0.2, 0.25) is 0 Å². The predicted molar refractivity (Wildman–Crippen MR) is 59.2 cm³/mol. The van der Waals surface area contributed by atoms with Gasteiger partial charge in [-0.2, -0.15) is 0 Å². The van der Waals surface area contributed by atoms with Crippen LogP contribution < -0.4 is 0 Å². The van der Waals surface area contributed by atoms with Gasteiger partial charge in [-0.15, -0.1) is 0 Å². The molecule has 0 bridgehead atoms. The fourth-order valence-electron chi connectivity index (χ4n) is 2.61. The second-order valence-electron chi connectivity index (χ2n) is 4.47. The number of rotatable bonds is 2. The predicted octanol–water partition coefficient (Wildman–Crippen LogP) is 2.07. The highest BCUT2D eigenvalue weighted by Crippen LogP contribution is 2.40. The van der Waals surface area contributed by atoms with Gasteiger partial charge in [0.15, 0.2) is 0 Å². The first-order chi connectivity index (χ1) is 7.67. The van der Waals surface area contributed by atoms with Crippen molar-refractivity contribution >= 4 is 5.97 Å². The van der Waals surface area contributed by atoms with Crippen molar-refractivity contribution in [1.29, 1.82) is 0 Å². The first-order valence-corrected chi connectivity index (χ1v) is 5.67. The fraction of sp³-hybridized carbons (Fsp3) is 0.583. The molecule has 0 amide bonds. The van der Waals surface area contributed by atoms with Gasteiger partial charge in [0.05, 0.1) is 5.41 Å². The summed E-state index contributed by atoms with van der Waals surface area (Å²) in [5.41, 5.74) is 0.838. The van der Waals surface area contributed by atoms with Crippen LogP contribution in [0.15, 0.2) is 12.5 Å².